The number of methoxy groups -OCH3 is 1. The van der Waals surface area contributed by atoms with Crippen LogP contribution in [0.2, 0.25) is 5.02 Å². The Kier molecular flexibility index (Phi) is 4.66. The Morgan fingerprint density at radius 3 is 2.65 bits per heavy atom. The molecule has 4 heteroatoms. The van der Waals surface area contributed by atoms with Gasteiger partial charge in [-0.3, -0.25) is 0 Å². The van der Waals surface area contributed by atoms with Gasteiger partial charge in [-0.05, 0) is 37.5 Å². The smallest absolute Gasteiger partial charge is 0.141 e. The highest BCUT2D eigenvalue weighted by molar-refractivity contribution is 6.33. The van der Waals surface area contributed by atoms with Crippen LogP contribution in [-0.4, -0.2) is 18.3 Å². The SMILES string of the molecule is C.COc1cc(C(C)NC2CC2)cc(O)c1Cl. The second-order valence-corrected chi connectivity index (χ2v) is 4.60. The first kappa shape index (κ1) is 14.1. The fraction of sp³-hybridized carbons (Fsp3) is 0.538. The van der Waals surface area contributed by atoms with E-state index in [9.17, 15) is 5.11 Å². The van der Waals surface area contributed by atoms with E-state index in [0.717, 1.165) is 5.56 Å². The average Bonchev–Trinajstić information content (AvgIpc) is 3.05. The Labute approximate surface area is 108 Å². The molecular weight excluding hydrogens is 238 g/mol. The molecule has 3 nitrogen and oxygen atoms in total. The van der Waals surface area contributed by atoms with Gasteiger partial charge in [-0.15, -0.1) is 0 Å². The topological polar surface area (TPSA) is 41.5 Å². The third-order valence-corrected chi connectivity index (χ3v) is 3.21. The number of hydrogen-bond donors (Lipinski definition) is 2. The third-order valence-electron chi connectivity index (χ3n) is 2.83. The monoisotopic (exact) mass is 257 g/mol. The highest BCUT2D eigenvalue weighted by Gasteiger charge is 2.24. The van der Waals surface area contributed by atoms with Crippen molar-refractivity contribution in [3.8, 4) is 11.5 Å². The molecule has 1 aliphatic carbocycles. The molecule has 2 rings (SSSR count). The highest BCUT2D eigenvalue weighted by atomic mass is 35.5. The number of ether oxygens (including phenoxy) is 1. The van der Waals surface area contributed by atoms with Gasteiger partial charge in [0.05, 0.1) is 7.11 Å². The van der Waals surface area contributed by atoms with Crippen molar-refractivity contribution in [3.63, 3.8) is 0 Å². The Bertz CT molecular complexity index is 391. The van der Waals surface area contributed by atoms with E-state index < -0.39 is 0 Å². The van der Waals surface area contributed by atoms with Gasteiger partial charge in [0.2, 0.25) is 0 Å². The minimum absolute atomic E-state index is 0. The minimum atomic E-state index is 0. The molecule has 1 saturated carbocycles. The van der Waals surface area contributed by atoms with Gasteiger partial charge in [0.25, 0.3) is 0 Å². The second-order valence-electron chi connectivity index (χ2n) is 4.22. The molecule has 2 N–H and O–H groups in total. The van der Waals surface area contributed by atoms with Crippen molar-refractivity contribution >= 4 is 11.6 Å². The number of rotatable bonds is 4. The molecule has 0 radical (unpaired) electrons. The van der Waals surface area contributed by atoms with E-state index in [1.807, 2.05) is 6.07 Å². The fourth-order valence-corrected chi connectivity index (χ4v) is 1.89. The highest BCUT2D eigenvalue weighted by Crippen LogP contribution is 2.36. The van der Waals surface area contributed by atoms with Crippen LogP contribution in [0.4, 0.5) is 0 Å². The molecule has 1 atom stereocenters. The summed E-state index contributed by atoms with van der Waals surface area (Å²) in [5.41, 5.74) is 0.991. The molecule has 1 aromatic carbocycles. The molecule has 96 valence electrons. The van der Waals surface area contributed by atoms with Gasteiger partial charge in [0.1, 0.15) is 16.5 Å². The Hall–Kier alpha value is -0.930. The van der Waals surface area contributed by atoms with Crippen molar-refractivity contribution in [1.29, 1.82) is 0 Å². The largest absolute Gasteiger partial charge is 0.506 e. The van der Waals surface area contributed by atoms with Crippen molar-refractivity contribution in [3.05, 3.63) is 22.7 Å². The van der Waals surface area contributed by atoms with Crippen molar-refractivity contribution < 1.29 is 9.84 Å². The fourth-order valence-electron chi connectivity index (χ4n) is 1.70. The summed E-state index contributed by atoms with van der Waals surface area (Å²) in [6.07, 6.45) is 2.47. The maximum Gasteiger partial charge on any atom is 0.141 e. The summed E-state index contributed by atoms with van der Waals surface area (Å²) in [6.45, 7) is 2.07. The quantitative estimate of drug-likeness (QED) is 0.867. The van der Waals surface area contributed by atoms with Crippen molar-refractivity contribution in [1.82, 2.24) is 5.32 Å². The number of benzene rings is 1. The normalized spacial score (nSPS) is 16.2. The Morgan fingerprint density at radius 1 is 1.47 bits per heavy atom. The number of phenols is 1. The summed E-state index contributed by atoms with van der Waals surface area (Å²) in [5.74, 6) is 0.585. The molecule has 0 spiro atoms. The van der Waals surface area contributed by atoms with E-state index in [-0.39, 0.29) is 24.2 Å². The molecule has 1 unspecified atom stereocenters. The first-order valence-corrected chi connectivity index (χ1v) is 5.82. The van der Waals surface area contributed by atoms with Crippen LogP contribution in [0.5, 0.6) is 11.5 Å². The van der Waals surface area contributed by atoms with Crippen molar-refractivity contribution in [2.24, 2.45) is 0 Å². The lowest BCUT2D eigenvalue weighted by Gasteiger charge is -2.16. The van der Waals surface area contributed by atoms with Crippen LogP contribution in [0.3, 0.4) is 0 Å². The minimum Gasteiger partial charge on any atom is -0.506 e. The van der Waals surface area contributed by atoms with E-state index >= 15 is 0 Å². The lowest BCUT2D eigenvalue weighted by Crippen LogP contribution is -2.20. The van der Waals surface area contributed by atoms with Gasteiger partial charge in [-0.2, -0.15) is 0 Å². The molecule has 1 aliphatic rings. The summed E-state index contributed by atoms with van der Waals surface area (Å²) in [6, 6.07) is 4.37. The summed E-state index contributed by atoms with van der Waals surface area (Å²) in [5, 5.41) is 13.4. The maximum absolute atomic E-state index is 9.67. The summed E-state index contributed by atoms with van der Waals surface area (Å²) < 4.78 is 5.12. The zero-order chi connectivity index (χ0) is 11.7. The number of phenolic OH excluding ortho intramolecular Hbond substituents is 1. The average molecular weight is 258 g/mol. The molecule has 0 amide bonds. The van der Waals surface area contributed by atoms with Crippen LogP contribution in [0.25, 0.3) is 0 Å². The first-order valence-electron chi connectivity index (χ1n) is 5.44. The van der Waals surface area contributed by atoms with E-state index in [0.29, 0.717) is 11.8 Å². The van der Waals surface area contributed by atoms with E-state index in [2.05, 4.69) is 12.2 Å². The van der Waals surface area contributed by atoms with Crippen molar-refractivity contribution in [2.75, 3.05) is 7.11 Å². The van der Waals surface area contributed by atoms with Crippen LogP contribution in [0, 0.1) is 0 Å². The molecule has 0 bridgehead atoms. The van der Waals surface area contributed by atoms with Gasteiger partial charge in [-0.1, -0.05) is 19.0 Å². The number of hydrogen-bond acceptors (Lipinski definition) is 3. The van der Waals surface area contributed by atoms with Crippen LogP contribution >= 0.6 is 11.6 Å². The van der Waals surface area contributed by atoms with Gasteiger partial charge >= 0.3 is 0 Å². The molecular formula is C13H20ClNO2. The molecule has 0 saturated heterocycles. The summed E-state index contributed by atoms with van der Waals surface area (Å²) >= 11 is 5.89. The predicted molar refractivity (Wildman–Crippen MR) is 71.0 cm³/mol. The number of halogens is 1. The molecule has 0 aliphatic heterocycles. The standard InChI is InChI=1S/C12H16ClNO2.CH4/c1-7(14-9-3-4-9)8-5-10(15)12(13)11(6-8)16-2;/h5-7,9,14-15H,3-4H2,1-2H3;1H4. The third kappa shape index (κ3) is 3.27. The molecule has 1 aromatic rings. The van der Waals surface area contributed by atoms with Gasteiger partial charge in [-0.25, -0.2) is 0 Å². The molecule has 1 fully saturated rings. The lowest BCUT2D eigenvalue weighted by atomic mass is 10.1. The lowest BCUT2D eigenvalue weighted by molar-refractivity contribution is 0.405. The van der Waals surface area contributed by atoms with Gasteiger partial charge < -0.3 is 15.2 Å². The Morgan fingerprint density at radius 2 is 2.12 bits per heavy atom. The summed E-state index contributed by atoms with van der Waals surface area (Å²) in [7, 11) is 1.55. The van der Waals surface area contributed by atoms with E-state index in [1.165, 1.54) is 12.8 Å². The van der Waals surface area contributed by atoms with Crippen LogP contribution in [0.1, 0.15) is 38.8 Å². The number of nitrogens with one attached hydrogen (secondary N) is 1. The second kappa shape index (κ2) is 5.61. The molecule has 0 aromatic heterocycles. The molecule has 17 heavy (non-hydrogen) atoms. The van der Waals surface area contributed by atoms with Crippen molar-refractivity contribution in [2.45, 2.75) is 39.3 Å². The zero-order valence-corrected chi connectivity index (χ0v) is 10.2. The van der Waals surface area contributed by atoms with Gasteiger partial charge in [0, 0.05) is 12.1 Å². The molecule has 0 heterocycles. The summed E-state index contributed by atoms with van der Waals surface area (Å²) in [4.78, 5) is 0. The Balaban J connectivity index is 0.00000144. The number of aromatic hydroxyl groups is 1. The predicted octanol–water partition coefficient (Wildman–Crippen LogP) is 3.50. The van der Waals surface area contributed by atoms with E-state index in [4.69, 9.17) is 16.3 Å². The van der Waals surface area contributed by atoms with Crippen LogP contribution in [-0.2, 0) is 0 Å². The maximum atomic E-state index is 9.67. The van der Waals surface area contributed by atoms with Gasteiger partial charge in [0.15, 0.2) is 0 Å². The zero-order valence-electron chi connectivity index (χ0n) is 9.46. The van der Waals surface area contributed by atoms with Crippen LogP contribution < -0.4 is 10.1 Å². The van der Waals surface area contributed by atoms with E-state index in [1.54, 1.807) is 13.2 Å². The van der Waals surface area contributed by atoms with Crippen LogP contribution in [0.15, 0.2) is 12.1 Å². The first-order chi connectivity index (χ1) is 7.61.